The Morgan fingerprint density at radius 3 is 2.70 bits per heavy atom. The largest absolute Gasteiger partial charge is 0.381 e. The Labute approximate surface area is 166 Å². The monoisotopic (exact) mass is 404 g/mol. The van der Waals surface area contributed by atoms with Gasteiger partial charge in [-0.1, -0.05) is 16.8 Å². The molecule has 0 aliphatic carbocycles. The summed E-state index contributed by atoms with van der Waals surface area (Å²) in [5, 5.41) is 17.6. The highest BCUT2D eigenvalue weighted by atomic mass is 35.5. The molecule has 0 aliphatic heterocycles. The minimum atomic E-state index is -0.174. The molecular weight excluding hydrogens is 384 g/mol. The first-order valence-electron chi connectivity index (χ1n) is 8.51. The third-order valence-corrected chi connectivity index (χ3v) is 5.05. The lowest BCUT2D eigenvalue weighted by molar-refractivity contribution is 0.0954. The Morgan fingerprint density at radius 2 is 2.04 bits per heavy atom. The first kappa shape index (κ1) is 19.3. The van der Waals surface area contributed by atoms with Crippen LogP contribution in [-0.4, -0.2) is 40.5 Å². The first-order chi connectivity index (χ1) is 13.0. The van der Waals surface area contributed by atoms with Crippen LogP contribution in [0.5, 0.6) is 0 Å². The van der Waals surface area contributed by atoms with Gasteiger partial charge in [0, 0.05) is 18.3 Å². The smallest absolute Gasteiger partial charge is 0.261 e. The minimum absolute atomic E-state index is 0.174. The summed E-state index contributed by atoms with van der Waals surface area (Å²) in [4.78, 5) is 12.6. The van der Waals surface area contributed by atoms with Crippen molar-refractivity contribution in [3.8, 4) is 5.69 Å². The van der Waals surface area contributed by atoms with Gasteiger partial charge >= 0.3 is 0 Å². The second kappa shape index (κ2) is 8.98. The molecule has 0 radical (unpaired) electrons. The molecular formula is C18H21ClN6OS. The molecule has 3 aromatic rings. The van der Waals surface area contributed by atoms with Crippen LogP contribution in [0.25, 0.3) is 5.69 Å². The van der Waals surface area contributed by atoms with E-state index in [1.54, 1.807) is 23.0 Å². The summed E-state index contributed by atoms with van der Waals surface area (Å²) in [6.45, 7) is 3.31. The second-order valence-corrected chi connectivity index (χ2v) is 7.81. The lowest BCUT2D eigenvalue weighted by atomic mass is 10.2. The van der Waals surface area contributed by atoms with Gasteiger partial charge in [-0.2, -0.15) is 0 Å². The van der Waals surface area contributed by atoms with Crippen LogP contribution < -0.4 is 16.0 Å². The summed E-state index contributed by atoms with van der Waals surface area (Å²) in [6, 6.07) is 11.7. The molecule has 1 aromatic carbocycles. The first-order valence-corrected chi connectivity index (χ1v) is 9.71. The van der Waals surface area contributed by atoms with E-state index in [1.807, 2.05) is 31.3 Å². The zero-order valence-electron chi connectivity index (χ0n) is 15.1. The van der Waals surface area contributed by atoms with Gasteiger partial charge in [0.15, 0.2) is 0 Å². The van der Waals surface area contributed by atoms with E-state index in [2.05, 4.69) is 33.2 Å². The summed E-state index contributed by atoms with van der Waals surface area (Å²) >= 11 is 7.10. The Hall–Kier alpha value is -2.42. The number of amides is 1. The molecule has 0 bridgehead atoms. The SMILES string of the molecule is CNCC(C)Nc1ccc(-n2cc(CNC(=O)c3ccc(Cl)s3)nn2)cc1. The van der Waals surface area contributed by atoms with Crippen LogP contribution in [0.15, 0.2) is 42.6 Å². The fourth-order valence-corrected chi connectivity index (χ4v) is 3.51. The van der Waals surface area contributed by atoms with E-state index >= 15 is 0 Å². The number of thiophene rings is 1. The van der Waals surface area contributed by atoms with E-state index in [0.29, 0.717) is 27.5 Å². The van der Waals surface area contributed by atoms with Gasteiger partial charge in [0.2, 0.25) is 0 Å². The highest BCUT2D eigenvalue weighted by molar-refractivity contribution is 7.17. The Bertz CT molecular complexity index is 891. The lowest BCUT2D eigenvalue weighted by Crippen LogP contribution is -2.27. The Kier molecular flexibility index (Phi) is 6.44. The molecule has 2 heterocycles. The number of carbonyl (C=O) groups excluding carboxylic acids is 1. The zero-order valence-corrected chi connectivity index (χ0v) is 16.6. The van der Waals surface area contributed by atoms with Crippen LogP contribution in [0.2, 0.25) is 4.34 Å². The molecule has 142 valence electrons. The molecule has 3 rings (SSSR count). The highest BCUT2D eigenvalue weighted by Crippen LogP contribution is 2.21. The van der Waals surface area contributed by atoms with Crippen molar-refractivity contribution in [3.05, 3.63) is 57.5 Å². The summed E-state index contributed by atoms with van der Waals surface area (Å²) in [7, 11) is 1.93. The lowest BCUT2D eigenvalue weighted by Gasteiger charge is -2.14. The van der Waals surface area contributed by atoms with Gasteiger partial charge in [-0.25, -0.2) is 4.68 Å². The quantitative estimate of drug-likeness (QED) is 0.537. The predicted molar refractivity (Wildman–Crippen MR) is 109 cm³/mol. The summed E-state index contributed by atoms with van der Waals surface area (Å²) in [6.07, 6.45) is 1.80. The number of nitrogens with one attached hydrogen (secondary N) is 3. The molecule has 7 nitrogen and oxygen atoms in total. The summed E-state index contributed by atoms with van der Waals surface area (Å²) < 4.78 is 2.27. The number of carbonyl (C=O) groups is 1. The number of anilines is 1. The molecule has 27 heavy (non-hydrogen) atoms. The van der Waals surface area contributed by atoms with E-state index < -0.39 is 0 Å². The van der Waals surface area contributed by atoms with E-state index in [9.17, 15) is 4.79 Å². The summed E-state index contributed by atoms with van der Waals surface area (Å²) in [5.41, 5.74) is 2.62. The maximum Gasteiger partial charge on any atom is 0.261 e. The molecule has 0 aliphatic rings. The molecule has 1 unspecified atom stereocenters. The maximum absolute atomic E-state index is 12.1. The molecule has 0 saturated heterocycles. The predicted octanol–water partition coefficient (Wildman–Crippen LogP) is 2.93. The average molecular weight is 405 g/mol. The van der Waals surface area contributed by atoms with Gasteiger partial charge in [0.05, 0.1) is 27.6 Å². The van der Waals surface area contributed by atoms with Crippen molar-refractivity contribution in [2.75, 3.05) is 18.9 Å². The number of nitrogens with zero attached hydrogens (tertiary/aromatic N) is 3. The topological polar surface area (TPSA) is 83.9 Å². The molecule has 0 saturated carbocycles. The van der Waals surface area contributed by atoms with Crippen molar-refractivity contribution in [1.29, 1.82) is 0 Å². The third-order valence-electron chi connectivity index (χ3n) is 3.82. The van der Waals surface area contributed by atoms with Gasteiger partial charge in [-0.05, 0) is 50.4 Å². The van der Waals surface area contributed by atoms with Gasteiger partial charge in [0.1, 0.15) is 5.69 Å². The molecule has 0 fully saturated rings. The highest BCUT2D eigenvalue weighted by Gasteiger charge is 2.10. The number of aromatic nitrogens is 3. The van der Waals surface area contributed by atoms with E-state index in [4.69, 9.17) is 11.6 Å². The molecule has 3 N–H and O–H groups in total. The molecule has 0 spiro atoms. The minimum Gasteiger partial charge on any atom is -0.381 e. The van der Waals surface area contributed by atoms with Crippen molar-refractivity contribution in [3.63, 3.8) is 0 Å². The Morgan fingerprint density at radius 1 is 1.26 bits per heavy atom. The van der Waals surface area contributed by atoms with Gasteiger partial charge < -0.3 is 16.0 Å². The summed E-state index contributed by atoms with van der Waals surface area (Å²) in [5.74, 6) is -0.174. The van der Waals surface area contributed by atoms with Crippen LogP contribution in [0.1, 0.15) is 22.3 Å². The van der Waals surface area contributed by atoms with Crippen molar-refractivity contribution in [2.24, 2.45) is 0 Å². The number of likely N-dealkylation sites (N-methyl/N-ethyl adjacent to an activating group) is 1. The molecule has 9 heteroatoms. The van der Waals surface area contributed by atoms with Crippen LogP contribution in [0.4, 0.5) is 5.69 Å². The molecule has 1 atom stereocenters. The number of hydrogen-bond acceptors (Lipinski definition) is 6. The van der Waals surface area contributed by atoms with Crippen LogP contribution >= 0.6 is 22.9 Å². The fraction of sp³-hybridized carbons (Fsp3) is 0.278. The normalized spacial score (nSPS) is 12.0. The van der Waals surface area contributed by atoms with Crippen molar-refractivity contribution in [2.45, 2.75) is 19.5 Å². The van der Waals surface area contributed by atoms with Gasteiger partial charge in [0.25, 0.3) is 5.91 Å². The second-order valence-electron chi connectivity index (χ2n) is 6.09. The van der Waals surface area contributed by atoms with Crippen molar-refractivity contribution in [1.82, 2.24) is 25.6 Å². The molecule has 2 aromatic heterocycles. The van der Waals surface area contributed by atoms with Crippen LogP contribution in [-0.2, 0) is 6.54 Å². The third kappa shape index (κ3) is 5.29. The van der Waals surface area contributed by atoms with Crippen molar-refractivity contribution >= 4 is 34.5 Å². The zero-order chi connectivity index (χ0) is 19.2. The standard InChI is InChI=1S/C18H21ClN6OS/c1-12(9-20-2)22-13-3-5-15(6-4-13)25-11-14(23-24-25)10-21-18(26)16-7-8-17(19)27-16/h3-8,11-12,20,22H,9-10H2,1-2H3,(H,21,26). The average Bonchev–Trinajstić information content (AvgIpc) is 3.30. The number of halogens is 1. The van der Waals surface area contributed by atoms with E-state index in [1.165, 1.54) is 11.3 Å². The van der Waals surface area contributed by atoms with E-state index in [0.717, 1.165) is 17.9 Å². The molecule has 1 amide bonds. The van der Waals surface area contributed by atoms with Crippen molar-refractivity contribution < 1.29 is 4.79 Å². The fourth-order valence-electron chi connectivity index (χ4n) is 2.55. The van der Waals surface area contributed by atoms with Gasteiger partial charge in [-0.3, -0.25) is 4.79 Å². The van der Waals surface area contributed by atoms with E-state index in [-0.39, 0.29) is 5.91 Å². The maximum atomic E-state index is 12.1. The number of benzene rings is 1. The van der Waals surface area contributed by atoms with Crippen LogP contribution in [0, 0.1) is 0 Å². The van der Waals surface area contributed by atoms with Crippen LogP contribution in [0.3, 0.4) is 0 Å². The number of rotatable bonds is 8. The Balaban J connectivity index is 1.57. The number of hydrogen-bond donors (Lipinski definition) is 3. The van der Waals surface area contributed by atoms with Gasteiger partial charge in [-0.15, -0.1) is 16.4 Å².